The Kier molecular flexibility index (Phi) is 5.38. The maximum Gasteiger partial charge on any atom is 0.271 e. The average molecular weight is 465 g/mol. The number of hydrogen-bond donors (Lipinski definition) is 1. The van der Waals surface area contributed by atoms with Gasteiger partial charge in [-0.05, 0) is 31.5 Å². The van der Waals surface area contributed by atoms with Crippen LogP contribution in [0.5, 0.6) is 5.75 Å². The van der Waals surface area contributed by atoms with Gasteiger partial charge in [0.2, 0.25) is 5.91 Å². The van der Waals surface area contributed by atoms with Crippen molar-refractivity contribution in [3.8, 4) is 5.75 Å². The van der Waals surface area contributed by atoms with E-state index in [2.05, 4.69) is 24.1 Å². The second kappa shape index (κ2) is 8.24. The third-order valence-corrected chi connectivity index (χ3v) is 7.24. The normalized spacial score (nSPS) is 17.8. The van der Waals surface area contributed by atoms with E-state index in [0.29, 0.717) is 28.3 Å². The minimum Gasteiger partial charge on any atom is -0.495 e. The SMILES string of the molecule is CC[C@]1(C)Cc2nc3sc4c(=O)n(CC(=O)Nc5ccccc5OC)cnc4c3cc2CO1. The van der Waals surface area contributed by atoms with E-state index < -0.39 is 0 Å². The number of rotatable bonds is 5. The maximum atomic E-state index is 13.2. The number of ether oxygens (including phenoxy) is 2. The fraction of sp³-hybridized carbons (Fsp3) is 0.333. The van der Waals surface area contributed by atoms with Crippen LogP contribution in [0.1, 0.15) is 31.5 Å². The predicted octanol–water partition coefficient (Wildman–Crippen LogP) is 3.89. The number of anilines is 1. The molecule has 0 radical (unpaired) electrons. The van der Waals surface area contributed by atoms with Gasteiger partial charge < -0.3 is 14.8 Å². The van der Waals surface area contributed by atoms with Gasteiger partial charge in [0.05, 0.1) is 42.5 Å². The molecule has 0 spiro atoms. The number of hydrogen-bond acceptors (Lipinski definition) is 7. The van der Waals surface area contributed by atoms with E-state index in [9.17, 15) is 9.59 Å². The summed E-state index contributed by atoms with van der Waals surface area (Å²) in [5.74, 6) is 0.211. The van der Waals surface area contributed by atoms with E-state index in [1.165, 1.54) is 29.3 Å². The number of aromatic nitrogens is 3. The summed E-state index contributed by atoms with van der Waals surface area (Å²) in [5, 5.41) is 3.64. The lowest BCUT2D eigenvalue weighted by Gasteiger charge is -2.33. The highest BCUT2D eigenvalue weighted by atomic mass is 32.1. The fourth-order valence-electron chi connectivity index (χ4n) is 4.04. The highest BCUT2D eigenvalue weighted by Gasteiger charge is 2.31. The van der Waals surface area contributed by atoms with Gasteiger partial charge in [-0.3, -0.25) is 14.2 Å². The highest BCUT2D eigenvalue weighted by Crippen LogP contribution is 2.35. The van der Waals surface area contributed by atoms with Gasteiger partial charge in [0.25, 0.3) is 5.56 Å². The van der Waals surface area contributed by atoms with Gasteiger partial charge >= 0.3 is 0 Å². The smallest absolute Gasteiger partial charge is 0.271 e. The molecule has 1 amide bonds. The number of benzene rings is 1. The average Bonchev–Trinajstić information content (AvgIpc) is 3.18. The van der Waals surface area contributed by atoms with Crippen molar-refractivity contribution in [2.24, 2.45) is 0 Å². The van der Waals surface area contributed by atoms with Crippen LogP contribution in [0.15, 0.2) is 41.5 Å². The summed E-state index contributed by atoms with van der Waals surface area (Å²) in [6.07, 6.45) is 3.06. The molecule has 0 unspecified atom stereocenters. The number of nitrogens with one attached hydrogen (secondary N) is 1. The first-order valence-corrected chi connectivity index (χ1v) is 11.6. The lowest BCUT2D eigenvalue weighted by atomic mass is 9.91. The molecule has 0 aliphatic carbocycles. The number of methoxy groups -OCH3 is 1. The standard InChI is InChI=1S/C24H24N4O4S/c1-4-24(2)10-17-14(12-32-24)9-15-20-21(33-22(15)27-17)23(30)28(13-25-20)11-19(29)26-16-7-5-6-8-18(16)31-3/h5-9,13H,4,10-12H2,1-3H3,(H,26,29)/t24-/m1/s1. The Labute approximate surface area is 194 Å². The number of carbonyl (C=O) groups is 1. The molecule has 1 aliphatic rings. The molecule has 1 atom stereocenters. The maximum absolute atomic E-state index is 13.2. The Morgan fingerprint density at radius 1 is 1.36 bits per heavy atom. The number of thiophene rings is 1. The molecule has 4 heterocycles. The lowest BCUT2D eigenvalue weighted by molar-refractivity contribution is -0.116. The van der Waals surface area contributed by atoms with E-state index in [1.54, 1.807) is 18.2 Å². The highest BCUT2D eigenvalue weighted by molar-refractivity contribution is 7.25. The van der Waals surface area contributed by atoms with Crippen LogP contribution in [0.2, 0.25) is 0 Å². The van der Waals surface area contributed by atoms with Crippen molar-refractivity contribution in [3.63, 3.8) is 0 Å². The summed E-state index contributed by atoms with van der Waals surface area (Å²) in [6.45, 7) is 4.56. The van der Waals surface area contributed by atoms with Crippen molar-refractivity contribution in [1.82, 2.24) is 14.5 Å². The van der Waals surface area contributed by atoms with Gasteiger partial charge in [0, 0.05) is 17.4 Å². The Balaban J connectivity index is 1.47. The van der Waals surface area contributed by atoms with Gasteiger partial charge in [-0.2, -0.15) is 0 Å². The monoisotopic (exact) mass is 464 g/mol. The Morgan fingerprint density at radius 3 is 2.97 bits per heavy atom. The molecule has 0 fully saturated rings. The molecule has 5 rings (SSSR count). The molecule has 0 saturated carbocycles. The van der Waals surface area contributed by atoms with Crippen LogP contribution in [-0.4, -0.2) is 33.2 Å². The third kappa shape index (κ3) is 3.87. The van der Waals surface area contributed by atoms with Crippen LogP contribution < -0.4 is 15.6 Å². The molecule has 0 bridgehead atoms. The Hall–Kier alpha value is -3.30. The lowest BCUT2D eigenvalue weighted by Crippen LogP contribution is -2.35. The second-order valence-electron chi connectivity index (χ2n) is 8.42. The first-order chi connectivity index (χ1) is 15.9. The predicted molar refractivity (Wildman–Crippen MR) is 128 cm³/mol. The zero-order valence-corrected chi connectivity index (χ0v) is 19.5. The van der Waals surface area contributed by atoms with E-state index >= 15 is 0 Å². The molecule has 33 heavy (non-hydrogen) atoms. The minimum atomic E-state index is -0.339. The van der Waals surface area contributed by atoms with Gasteiger partial charge in [0.1, 0.15) is 21.8 Å². The van der Waals surface area contributed by atoms with Gasteiger partial charge in [-0.1, -0.05) is 19.1 Å². The van der Waals surface area contributed by atoms with E-state index in [-0.39, 0.29) is 23.6 Å². The first kappa shape index (κ1) is 21.5. The topological polar surface area (TPSA) is 95.3 Å². The first-order valence-electron chi connectivity index (χ1n) is 10.8. The van der Waals surface area contributed by atoms with Crippen LogP contribution in [-0.2, 0) is 29.1 Å². The molecule has 0 saturated heterocycles. The summed E-state index contributed by atoms with van der Waals surface area (Å²) in [7, 11) is 1.54. The largest absolute Gasteiger partial charge is 0.495 e. The van der Waals surface area contributed by atoms with Crippen LogP contribution in [0.25, 0.3) is 20.4 Å². The number of fused-ring (bicyclic) bond motifs is 4. The zero-order valence-electron chi connectivity index (χ0n) is 18.7. The fourth-order valence-corrected chi connectivity index (χ4v) is 5.12. The number of pyridine rings is 1. The molecule has 8 nitrogen and oxygen atoms in total. The Morgan fingerprint density at radius 2 is 2.18 bits per heavy atom. The quantitative estimate of drug-likeness (QED) is 0.481. The number of nitrogens with zero attached hydrogens (tertiary/aromatic N) is 3. The minimum absolute atomic E-state index is 0.152. The van der Waals surface area contributed by atoms with Gasteiger partial charge in [-0.25, -0.2) is 9.97 Å². The number of para-hydroxylation sites is 2. The molecule has 9 heteroatoms. The van der Waals surface area contributed by atoms with Crippen molar-refractivity contribution in [1.29, 1.82) is 0 Å². The summed E-state index contributed by atoms with van der Waals surface area (Å²) in [4.78, 5) is 35.9. The van der Waals surface area contributed by atoms with E-state index in [4.69, 9.17) is 14.5 Å². The van der Waals surface area contributed by atoms with Crippen molar-refractivity contribution >= 4 is 43.4 Å². The summed E-state index contributed by atoms with van der Waals surface area (Å²) in [5.41, 5.74) is 2.73. The van der Waals surface area contributed by atoms with Crippen LogP contribution in [0, 0.1) is 0 Å². The van der Waals surface area contributed by atoms with Crippen molar-refractivity contribution < 1.29 is 14.3 Å². The number of amides is 1. The van der Waals surface area contributed by atoms with Crippen molar-refractivity contribution in [3.05, 3.63) is 58.3 Å². The van der Waals surface area contributed by atoms with E-state index in [0.717, 1.165) is 34.3 Å². The molecule has 1 N–H and O–H groups in total. The molecule has 170 valence electrons. The Bertz CT molecular complexity index is 1440. The third-order valence-electron chi connectivity index (χ3n) is 6.17. The van der Waals surface area contributed by atoms with Crippen LogP contribution in [0.3, 0.4) is 0 Å². The molecule has 1 aromatic carbocycles. The van der Waals surface area contributed by atoms with Crippen LogP contribution >= 0.6 is 11.3 Å². The molecule has 3 aromatic heterocycles. The van der Waals surface area contributed by atoms with Gasteiger partial charge in [-0.15, -0.1) is 11.3 Å². The van der Waals surface area contributed by atoms with Crippen molar-refractivity contribution in [2.45, 2.75) is 45.4 Å². The van der Waals surface area contributed by atoms with Crippen LogP contribution in [0.4, 0.5) is 5.69 Å². The second-order valence-corrected chi connectivity index (χ2v) is 9.42. The zero-order chi connectivity index (χ0) is 23.2. The van der Waals surface area contributed by atoms with Crippen molar-refractivity contribution in [2.75, 3.05) is 12.4 Å². The number of carbonyl (C=O) groups excluding carboxylic acids is 1. The van der Waals surface area contributed by atoms with Gasteiger partial charge in [0.15, 0.2) is 0 Å². The molecular formula is C24H24N4O4S. The summed E-state index contributed by atoms with van der Waals surface area (Å²) < 4.78 is 13.1. The molecular weight excluding hydrogens is 440 g/mol. The summed E-state index contributed by atoms with van der Waals surface area (Å²) >= 11 is 1.32. The molecule has 4 aromatic rings. The summed E-state index contributed by atoms with van der Waals surface area (Å²) in [6, 6.07) is 9.16. The van der Waals surface area contributed by atoms with E-state index in [1.807, 2.05) is 12.1 Å². The molecule has 1 aliphatic heterocycles.